The lowest BCUT2D eigenvalue weighted by Gasteiger charge is -2.05. The van der Waals surface area contributed by atoms with E-state index in [2.05, 4.69) is 17.2 Å². The lowest BCUT2D eigenvalue weighted by Crippen LogP contribution is -2.01. The average molecular weight is 262 g/mol. The van der Waals surface area contributed by atoms with Crippen LogP contribution < -0.4 is 0 Å². The molecule has 98 valence electrons. The smallest absolute Gasteiger partial charge is 0.163 e. The summed E-state index contributed by atoms with van der Waals surface area (Å²) >= 11 is 0. The number of Topliss-reactive ketones (excluding diaryl/α,β-unsaturated/α-hetero) is 1. The molecule has 1 aliphatic rings. The number of nitrogens with zero attached hydrogens (tertiary/aromatic N) is 2. The Morgan fingerprint density at radius 1 is 1.05 bits per heavy atom. The van der Waals surface area contributed by atoms with Crippen LogP contribution in [0.2, 0.25) is 0 Å². The van der Waals surface area contributed by atoms with Crippen LogP contribution in [-0.2, 0) is 13.0 Å². The summed E-state index contributed by atoms with van der Waals surface area (Å²) in [4.78, 5) is 11.8. The molecule has 0 N–H and O–H groups in total. The Balaban J connectivity index is 1.81. The molecule has 0 bridgehead atoms. The number of carbonyl (C=O) groups is 1. The molecule has 0 atom stereocenters. The molecule has 0 saturated carbocycles. The lowest BCUT2D eigenvalue weighted by molar-refractivity contribution is 0.0994. The van der Waals surface area contributed by atoms with Gasteiger partial charge in [-0.3, -0.25) is 9.48 Å². The molecule has 3 nitrogen and oxygen atoms in total. The normalized spacial score (nSPS) is 13.9. The molecule has 0 radical (unpaired) electrons. The van der Waals surface area contributed by atoms with E-state index >= 15 is 0 Å². The third-order valence-corrected chi connectivity index (χ3v) is 4.02. The number of carbonyl (C=O) groups excluding carboxylic acids is 1. The Morgan fingerprint density at radius 2 is 1.90 bits per heavy atom. The van der Waals surface area contributed by atoms with Crippen molar-refractivity contribution >= 4 is 16.7 Å². The van der Waals surface area contributed by atoms with Crippen molar-refractivity contribution in [1.29, 1.82) is 0 Å². The van der Waals surface area contributed by atoms with E-state index in [4.69, 9.17) is 0 Å². The number of rotatable bonds is 2. The molecule has 0 aliphatic heterocycles. The first-order valence-electron chi connectivity index (χ1n) is 6.87. The Kier molecular flexibility index (Phi) is 2.46. The minimum atomic E-state index is 0.262. The summed E-state index contributed by atoms with van der Waals surface area (Å²) < 4.78 is 2.01. The van der Waals surface area contributed by atoms with E-state index in [-0.39, 0.29) is 5.78 Å². The predicted octanol–water partition coefficient (Wildman–Crippen LogP) is 3.21. The lowest BCUT2D eigenvalue weighted by atomic mass is 10.1. The highest BCUT2D eigenvalue weighted by Crippen LogP contribution is 2.29. The van der Waals surface area contributed by atoms with Gasteiger partial charge in [0.05, 0.1) is 18.3 Å². The molecule has 0 amide bonds. The summed E-state index contributed by atoms with van der Waals surface area (Å²) in [7, 11) is 0. The number of aromatic nitrogens is 2. The maximum atomic E-state index is 11.8. The predicted molar refractivity (Wildman–Crippen MR) is 77.9 cm³/mol. The fourth-order valence-electron chi connectivity index (χ4n) is 3.00. The summed E-state index contributed by atoms with van der Waals surface area (Å²) in [5, 5.41) is 5.63. The Bertz CT molecular complexity index is 802. The van der Waals surface area contributed by atoms with Gasteiger partial charge in [0, 0.05) is 17.4 Å². The van der Waals surface area contributed by atoms with E-state index in [0.29, 0.717) is 6.42 Å². The van der Waals surface area contributed by atoms with E-state index < -0.39 is 0 Å². The Labute approximate surface area is 116 Å². The van der Waals surface area contributed by atoms with Gasteiger partial charge < -0.3 is 0 Å². The number of benzene rings is 2. The maximum absolute atomic E-state index is 11.8. The number of fused-ring (bicyclic) bond motifs is 3. The van der Waals surface area contributed by atoms with Crippen molar-refractivity contribution in [3.05, 3.63) is 65.4 Å². The van der Waals surface area contributed by atoms with Gasteiger partial charge in [-0.05, 0) is 29.7 Å². The van der Waals surface area contributed by atoms with Crippen LogP contribution in [0.5, 0.6) is 0 Å². The average Bonchev–Trinajstić information content (AvgIpc) is 3.05. The maximum Gasteiger partial charge on any atom is 0.163 e. The third-order valence-electron chi connectivity index (χ3n) is 4.02. The van der Waals surface area contributed by atoms with E-state index in [1.54, 1.807) is 0 Å². The number of aryl methyl sites for hydroxylation is 1. The van der Waals surface area contributed by atoms with Gasteiger partial charge in [-0.2, -0.15) is 5.10 Å². The van der Waals surface area contributed by atoms with Crippen LogP contribution >= 0.6 is 0 Å². The van der Waals surface area contributed by atoms with Crippen LogP contribution in [0.25, 0.3) is 10.9 Å². The van der Waals surface area contributed by atoms with Gasteiger partial charge in [0.25, 0.3) is 0 Å². The van der Waals surface area contributed by atoms with E-state index in [0.717, 1.165) is 29.4 Å². The minimum Gasteiger partial charge on any atom is -0.294 e. The van der Waals surface area contributed by atoms with Gasteiger partial charge >= 0.3 is 0 Å². The largest absolute Gasteiger partial charge is 0.294 e. The van der Waals surface area contributed by atoms with Gasteiger partial charge in [-0.15, -0.1) is 0 Å². The second-order valence-corrected chi connectivity index (χ2v) is 5.24. The highest BCUT2D eigenvalue weighted by atomic mass is 16.1. The molecule has 3 aromatic rings. The fourth-order valence-corrected chi connectivity index (χ4v) is 3.00. The molecule has 0 unspecified atom stereocenters. The zero-order valence-electron chi connectivity index (χ0n) is 11.0. The topological polar surface area (TPSA) is 34.9 Å². The number of hydrogen-bond acceptors (Lipinski definition) is 2. The molecule has 1 heterocycles. The van der Waals surface area contributed by atoms with Gasteiger partial charge in [0.2, 0.25) is 0 Å². The molecule has 0 spiro atoms. The van der Waals surface area contributed by atoms with Crippen molar-refractivity contribution in [2.24, 2.45) is 0 Å². The van der Waals surface area contributed by atoms with E-state index in [1.165, 1.54) is 11.1 Å². The first-order valence-corrected chi connectivity index (χ1v) is 6.87. The van der Waals surface area contributed by atoms with Crippen molar-refractivity contribution < 1.29 is 4.79 Å². The van der Waals surface area contributed by atoms with Crippen LogP contribution in [0.1, 0.15) is 27.9 Å². The molecule has 0 saturated heterocycles. The second kappa shape index (κ2) is 4.30. The summed E-state index contributed by atoms with van der Waals surface area (Å²) in [6, 6.07) is 14.3. The molecule has 0 fully saturated rings. The fraction of sp³-hybridized carbons (Fsp3) is 0.176. The molecular weight excluding hydrogens is 248 g/mol. The summed E-state index contributed by atoms with van der Waals surface area (Å²) in [6.07, 6.45) is 3.39. The third kappa shape index (κ3) is 1.67. The van der Waals surface area contributed by atoms with Crippen molar-refractivity contribution in [2.75, 3.05) is 0 Å². The molecule has 3 heteroatoms. The van der Waals surface area contributed by atoms with Crippen LogP contribution in [0, 0.1) is 0 Å². The van der Waals surface area contributed by atoms with Crippen molar-refractivity contribution in [3.63, 3.8) is 0 Å². The van der Waals surface area contributed by atoms with E-state index in [9.17, 15) is 4.79 Å². The van der Waals surface area contributed by atoms with Crippen LogP contribution in [0.15, 0.2) is 48.7 Å². The first-order chi connectivity index (χ1) is 9.83. The number of hydrogen-bond donors (Lipinski definition) is 0. The minimum absolute atomic E-state index is 0.262. The number of ketones is 1. The van der Waals surface area contributed by atoms with Crippen molar-refractivity contribution in [2.45, 2.75) is 19.4 Å². The van der Waals surface area contributed by atoms with Crippen LogP contribution in [0.4, 0.5) is 0 Å². The standard InChI is InChI=1S/C17H14N2O/c20-17-9-7-13-14(17)6-8-16-15(13)10-18-19(16)11-12-4-2-1-3-5-12/h1-6,8,10H,7,9,11H2. The summed E-state index contributed by atoms with van der Waals surface area (Å²) in [6.45, 7) is 0.761. The van der Waals surface area contributed by atoms with Crippen molar-refractivity contribution in [1.82, 2.24) is 9.78 Å². The zero-order chi connectivity index (χ0) is 13.5. The van der Waals surface area contributed by atoms with Gasteiger partial charge in [0.15, 0.2) is 5.78 Å². The monoisotopic (exact) mass is 262 g/mol. The molecule has 1 aliphatic carbocycles. The van der Waals surface area contributed by atoms with Gasteiger partial charge in [-0.1, -0.05) is 30.3 Å². The first kappa shape index (κ1) is 11.4. The second-order valence-electron chi connectivity index (χ2n) is 5.24. The zero-order valence-corrected chi connectivity index (χ0v) is 11.0. The highest BCUT2D eigenvalue weighted by molar-refractivity contribution is 6.05. The molecule has 1 aromatic heterocycles. The highest BCUT2D eigenvalue weighted by Gasteiger charge is 2.22. The summed E-state index contributed by atoms with van der Waals surface area (Å²) in [5.74, 6) is 0.262. The molecule has 20 heavy (non-hydrogen) atoms. The Morgan fingerprint density at radius 3 is 2.75 bits per heavy atom. The van der Waals surface area contributed by atoms with E-state index in [1.807, 2.05) is 41.2 Å². The SMILES string of the molecule is O=C1CCc2c1ccc1c2cnn1Cc1ccccc1. The molecule has 4 rings (SSSR count). The van der Waals surface area contributed by atoms with Gasteiger partial charge in [0.1, 0.15) is 0 Å². The Hall–Kier alpha value is -2.42. The van der Waals surface area contributed by atoms with Crippen LogP contribution in [0.3, 0.4) is 0 Å². The summed E-state index contributed by atoms with van der Waals surface area (Å²) in [5.41, 5.74) is 4.40. The molecule has 2 aromatic carbocycles. The van der Waals surface area contributed by atoms with Gasteiger partial charge in [-0.25, -0.2) is 0 Å². The molecular formula is C17H14N2O. The van der Waals surface area contributed by atoms with Crippen molar-refractivity contribution in [3.8, 4) is 0 Å². The van der Waals surface area contributed by atoms with Crippen LogP contribution in [-0.4, -0.2) is 15.6 Å². The quantitative estimate of drug-likeness (QED) is 0.710.